The van der Waals surface area contributed by atoms with Gasteiger partial charge in [-0.25, -0.2) is 0 Å². The minimum Gasteiger partial charge on any atom is -0.507 e. The van der Waals surface area contributed by atoms with Crippen LogP contribution in [0.1, 0.15) is 91.8 Å². The van der Waals surface area contributed by atoms with Crippen molar-refractivity contribution in [3.8, 4) is 11.5 Å². The molecule has 23 heavy (non-hydrogen) atoms. The number of phenols is 1. The lowest BCUT2D eigenvalue weighted by Gasteiger charge is -2.46. The van der Waals surface area contributed by atoms with E-state index in [-0.39, 0.29) is 22.9 Å². The number of hydrogen-bond acceptors (Lipinski definition) is 2. The molecule has 0 unspecified atom stereocenters. The summed E-state index contributed by atoms with van der Waals surface area (Å²) in [5.74, 6) is -5.32. The first kappa shape index (κ1) is 7.63. The van der Waals surface area contributed by atoms with E-state index in [9.17, 15) is 6.48 Å². The molecule has 0 radical (unpaired) electrons. The minimum absolute atomic E-state index is 0.207. The molecule has 1 aromatic carbocycles. The molecule has 0 aromatic heterocycles. The maximum absolute atomic E-state index is 11.0. The Hall–Kier alpha value is -1.44. The highest BCUT2D eigenvalue weighted by Gasteiger charge is 2.45. The van der Waals surface area contributed by atoms with Crippen LogP contribution in [0, 0.1) is 5.89 Å². The van der Waals surface area contributed by atoms with E-state index in [1.54, 1.807) is 0 Å². The number of phenolic OH excluding ortho intramolecular Hbond substituents is 1. The van der Waals surface area contributed by atoms with Crippen molar-refractivity contribution >= 4 is 0 Å². The van der Waals surface area contributed by atoms with Crippen LogP contribution in [0.25, 0.3) is 0 Å². The predicted molar refractivity (Wildman–Crippen MR) is 95.3 cm³/mol. The average Bonchev–Trinajstić information content (AvgIpc) is 2.67. The number of benzene rings is 1. The third-order valence-electron chi connectivity index (χ3n) is 4.26. The Labute approximate surface area is 156 Å². The summed E-state index contributed by atoms with van der Waals surface area (Å²) >= 11 is 0. The van der Waals surface area contributed by atoms with Gasteiger partial charge in [-0.15, -0.1) is 0 Å². The predicted octanol–water partition coefficient (Wildman–Crippen LogP) is 5.74. The summed E-state index contributed by atoms with van der Waals surface area (Å²) in [5.41, 5.74) is -3.10. The molecule has 1 aliphatic heterocycles. The fraction of sp³-hybridized carbons (Fsp3) is 0.619. The Bertz CT molecular complexity index is 1040. The Morgan fingerprint density at radius 1 is 1.48 bits per heavy atom. The van der Waals surface area contributed by atoms with Crippen molar-refractivity contribution in [2.45, 2.75) is 77.6 Å². The van der Waals surface area contributed by atoms with Crippen LogP contribution in [0.5, 0.6) is 11.5 Å². The third kappa shape index (κ3) is 3.13. The SMILES string of the molecule is [2H]C1=C(C([2H])([2H])[2H])C([2H])([2H])C([2H])([2H])[C@]2([2H])[C@@H]1c1c(O)c([2H])c(CCCCC)c([2H])c1OC2(C)C. The van der Waals surface area contributed by atoms with Gasteiger partial charge in [0, 0.05) is 28.3 Å². The van der Waals surface area contributed by atoms with E-state index in [4.69, 9.17) is 18.4 Å². The van der Waals surface area contributed by atoms with Crippen molar-refractivity contribution in [3.05, 3.63) is 34.8 Å². The van der Waals surface area contributed by atoms with Crippen LogP contribution < -0.4 is 4.74 Å². The van der Waals surface area contributed by atoms with Crippen LogP contribution in [0.4, 0.5) is 0 Å². The highest BCUT2D eigenvalue weighted by Crippen LogP contribution is 2.53. The fourth-order valence-electron chi connectivity index (χ4n) is 3.06. The molecule has 2 heteroatoms. The van der Waals surface area contributed by atoms with E-state index in [1.165, 1.54) is 13.8 Å². The Kier molecular flexibility index (Phi) is 2.06. The van der Waals surface area contributed by atoms with Gasteiger partial charge in [-0.1, -0.05) is 31.4 Å². The van der Waals surface area contributed by atoms with Gasteiger partial charge in [0.1, 0.15) is 17.1 Å². The molecule has 2 aliphatic rings. The lowest BCUT2D eigenvalue weighted by molar-refractivity contribution is 0.0107. The van der Waals surface area contributed by atoms with Crippen LogP contribution in [-0.2, 0) is 6.42 Å². The molecule has 0 fully saturated rings. The molecule has 0 saturated carbocycles. The van der Waals surface area contributed by atoms with E-state index >= 15 is 0 Å². The zero-order chi connectivity index (χ0) is 26.2. The third-order valence-corrected chi connectivity index (χ3v) is 4.26. The minimum atomic E-state index is -3.23. The largest absolute Gasteiger partial charge is 0.507 e. The van der Waals surface area contributed by atoms with E-state index in [2.05, 4.69) is 0 Å². The molecule has 1 aromatic rings. The van der Waals surface area contributed by atoms with Gasteiger partial charge in [-0.2, -0.15) is 0 Å². The molecule has 0 spiro atoms. The molecular weight excluding hydrogens is 284 g/mol. The molecule has 2 atom stereocenters. The van der Waals surface area contributed by atoms with Gasteiger partial charge in [0.2, 0.25) is 0 Å². The lowest BCUT2D eigenvalue weighted by Crippen LogP contribution is -2.45. The van der Waals surface area contributed by atoms with Crippen molar-refractivity contribution in [3.63, 3.8) is 0 Å². The second-order valence-corrected chi connectivity index (χ2v) is 6.51. The number of allylic oxidation sites excluding steroid dienone is 2. The smallest absolute Gasteiger partial charge is 0.127 e. The first-order valence-electron chi connectivity index (χ1n) is 13.6. The van der Waals surface area contributed by atoms with Gasteiger partial charge in [0.25, 0.3) is 0 Å². The molecule has 2 nitrogen and oxygen atoms in total. The monoisotopic (exact) mass is 325 g/mol. The van der Waals surface area contributed by atoms with Gasteiger partial charge >= 0.3 is 0 Å². The number of unbranched alkanes of at least 4 members (excludes halogenated alkanes) is 2. The van der Waals surface area contributed by atoms with Crippen molar-refractivity contribution in [2.75, 3.05) is 0 Å². The highest BCUT2D eigenvalue weighted by atomic mass is 16.5. The van der Waals surface area contributed by atoms with Crippen LogP contribution in [-0.4, -0.2) is 10.7 Å². The average molecular weight is 326 g/mol. The van der Waals surface area contributed by atoms with Crippen molar-refractivity contribution in [2.24, 2.45) is 5.89 Å². The first-order valence-corrected chi connectivity index (χ1v) is 8.06. The van der Waals surface area contributed by atoms with E-state index in [0.717, 1.165) is 12.8 Å². The standard InChI is InChI=1S/C21H30O2/c1-5-6-7-8-15-12-18(22)20-16-11-14(2)9-10-17(16)21(3,4)23-19(20)13-15/h11-13,16-17,22H,5-10H2,1-4H3/t16-,17-/m1/s1/i2D3,9D2,10D2,11D,12D,13D,17D. The molecule has 3 rings (SSSR count). The quantitative estimate of drug-likeness (QED) is 0.565. The number of ether oxygens (including phenoxy) is 1. The Morgan fingerprint density at radius 3 is 3.04 bits per heavy atom. The highest BCUT2D eigenvalue weighted by molar-refractivity contribution is 5.53. The van der Waals surface area contributed by atoms with Crippen molar-refractivity contribution in [1.82, 2.24) is 0 Å². The van der Waals surface area contributed by atoms with Gasteiger partial charge in [-0.3, -0.25) is 0 Å². The van der Waals surface area contributed by atoms with Gasteiger partial charge in [-0.05, 0) is 63.9 Å². The van der Waals surface area contributed by atoms with Gasteiger partial charge in [0.15, 0.2) is 0 Å². The molecule has 0 amide bonds. The summed E-state index contributed by atoms with van der Waals surface area (Å²) in [7, 11) is 0. The Balaban J connectivity index is 2.47. The molecule has 126 valence electrons. The van der Waals surface area contributed by atoms with Crippen LogP contribution in [0.15, 0.2) is 23.7 Å². The van der Waals surface area contributed by atoms with E-state index < -0.39 is 60.4 Å². The lowest BCUT2D eigenvalue weighted by atomic mass is 9.68. The van der Waals surface area contributed by atoms with Gasteiger partial charge < -0.3 is 9.84 Å². The number of hydrogen-bond donors (Lipinski definition) is 1. The summed E-state index contributed by atoms with van der Waals surface area (Å²) in [6.07, 6.45) is -3.73. The number of aromatic hydroxyl groups is 1. The van der Waals surface area contributed by atoms with Crippen LogP contribution >= 0.6 is 0 Å². The van der Waals surface area contributed by atoms with Crippen LogP contribution in [0.2, 0.25) is 0 Å². The molecule has 1 heterocycles. The number of rotatable bonds is 4. The van der Waals surface area contributed by atoms with Crippen molar-refractivity contribution < 1.29 is 24.9 Å². The zero-order valence-corrected chi connectivity index (χ0v) is 13.8. The topological polar surface area (TPSA) is 29.5 Å². The van der Waals surface area contributed by atoms with E-state index in [0.29, 0.717) is 12.8 Å². The van der Waals surface area contributed by atoms with E-state index in [1.807, 2.05) is 6.92 Å². The van der Waals surface area contributed by atoms with Crippen LogP contribution in [0.3, 0.4) is 0 Å². The molecule has 1 N–H and O–H groups in total. The summed E-state index contributed by atoms with van der Waals surface area (Å²) in [6.45, 7) is 1.47. The molecule has 0 saturated heterocycles. The maximum Gasteiger partial charge on any atom is 0.127 e. The van der Waals surface area contributed by atoms with Gasteiger partial charge in [0.05, 0.1) is 4.11 Å². The maximum atomic E-state index is 11.0. The van der Waals surface area contributed by atoms with Crippen molar-refractivity contribution in [1.29, 1.82) is 0 Å². The molecule has 1 aliphatic carbocycles. The first-order chi connectivity index (χ1) is 15.3. The summed E-state index contributed by atoms with van der Waals surface area (Å²) in [4.78, 5) is 0. The summed E-state index contributed by atoms with van der Waals surface area (Å²) < 4.78 is 98.6. The second kappa shape index (κ2) is 6.22. The Morgan fingerprint density at radius 2 is 2.30 bits per heavy atom. The summed E-state index contributed by atoms with van der Waals surface area (Å²) in [6, 6.07) is -1.51. The number of fused-ring (bicyclic) bond motifs is 3. The fourth-order valence-corrected chi connectivity index (χ4v) is 3.06. The second-order valence-electron chi connectivity index (χ2n) is 6.51. The molecular formula is C21H30O2. The normalized spacial score (nSPS) is 40.7. The summed E-state index contributed by atoms with van der Waals surface area (Å²) in [5, 5.41) is 11.0. The molecule has 0 bridgehead atoms. The zero-order valence-electron chi connectivity index (χ0n) is 24.8.